The number of aryl methyl sites for hydroxylation is 2. The second-order valence-corrected chi connectivity index (χ2v) is 7.38. The lowest BCUT2D eigenvalue weighted by Crippen LogP contribution is -2.20. The van der Waals surface area contributed by atoms with Gasteiger partial charge in [0.05, 0.1) is 15.7 Å². The van der Waals surface area contributed by atoms with Crippen molar-refractivity contribution in [2.45, 2.75) is 13.8 Å². The molecular formula is C23H20Cl2N2O2. The van der Waals surface area contributed by atoms with Crippen LogP contribution in [0.2, 0.25) is 10.0 Å². The van der Waals surface area contributed by atoms with Gasteiger partial charge in [0.1, 0.15) is 5.75 Å². The molecule has 0 radical (unpaired) electrons. The fourth-order valence-corrected chi connectivity index (χ4v) is 2.86. The van der Waals surface area contributed by atoms with Crippen LogP contribution in [0.4, 0.5) is 11.4 Å². The molecule has 0 saturated carbocycles. The summed E-state index contributed by atoms with van der Waals surface area (Å²) in [4.78, 5) is 16.5. The fraction of sp³-hybridized carbons (Fsp3) is 0.130. The minimum atomic E-state index is -0.219. The van der Waals surface area contributed by atoms with Crippen LogP contribution in [-0.4, -0.2) is 18.7 Å². The molecule has 3 rings (SSSR count). The summed E-state index contributed by atoms with van der Waals surface area (Å²) in [5, 5.41) is 3.78. The van der Waals surface area contributed by atoms with Crippen LogP contribution in [0.5, 0.6) is 5.75 Å². The quantitative estimate of drug-likeness (QED) is 0.464. The van der Waals surface area contributed by atoms with Gasteiger partial charge in [-0.15, -0.1) is 0 Å². The van der Waals surface area contributed by atoms with Gasteiger partial charge in [0.25, 0.3) is 5.91 Å². The highest BCUT2D eigenvalue weighted by Crippen LogP contribution is 2.26. The molecule has 0 spiro atoms. The van der Waals surface area contributed by atoms with E-state index in [0.717, 1.165) is 16.8 Å². The van der Waals surface area contributed by atoms with Crippen LogP contribution in [0, 0.1) is 13.8 Å². The number of nitrogens with one attached hydrogen (secondary N) is 1. The number of halogens is 2. The van der Waals surface area contributed by atoms with Crippen molar-refractivity contribution in [3.63, 3.8) is 0 Å². The topological polar surface area (TPSA) is 50.7 Å². The van der Waals surface area contributed by atoms with Gasteiger partial charge >= 0.3 is 0 Å². The maximum atomic E-state index is 12.2. The molecule has 0 unspecified atom stereocenters. The first-order valence-electron chi connectivity index (χ1n) is 9.00. The van der Waals surface area contributed by atoms with E-state index in [-0.39, 0.29) is 12.5 Å². The zero-order valence-corrected chi connectivity index (χ0v) is 17.6. The van der Waals surface area contributed by atoms with E-state index in [9.17, 15) is 4.79 Å². The van der Waals surface area contributed by atoms with Crippen LogP contribution >= 0.6 is 23.2 Å². The summed E-state index contributed by atoms with van der Waals surface area (Å²) in [7, 11) is 0. The van der Waals surface area contributed by atoms with Crippen molar-refractivity contribution in [3.05, 3.63) is 87.4 Å². The van der Waals surface area contributed by atoms with E-state index in [1.807, 2.05) is 50.2 Å². The van der Waals surface area contributed by atoms with Gasteiger partial charge in [-0.1, -0.05) is 41.4 Å². The van der Waals surface area contributed by atoms with Crippen molar-refractivity contribution in [3.8, 4) is 5.75 Å². The Morgan fingerprint density at radius 3 is 2.59 bits per heavy atom. The number of carbonyl (C=O) groups excluding carboxylic acids is 1. The Hall–Kier alpha value is -2.82. The molecular weight excluding hydrogens is 407 g/mol. The first-order valence-corrected chi connectivity index (χ1v) is 9.75. The molecule has 3 aromatic rings. The van der Waals surface area contributed by atoms with Crippen LogP contribution in [0.3, 0.4) is 0 Å². The number of amides is 1. The summed E-state index contributed by atoms with van der Waals surface area (Å²) in [6, 6.07) is 18.3. The van der Waals surface area contributed by atoms with Crippen molar-refractivity contribution in [2.75, 3.05) is 11.9 Å². The first kappa shape index (κ1) is 20.9. The minimum absolute atomic E-state index is 0.0830. The Kier molecular flexibility index (Phi) is 6.91. The highest BCUT2D eigenvalue weighted by molar-refractivity contribution is 6.42. The van der Waals surface area contributed by atoms with E-state index in [4.69, 9.17) is 27.9 Å². The molecule has 0 atom stereocenters. The molecule has 0 aromatic heterocycles. The molecule has 1 N–H and O–H groups in total. The van der Waals surface area contributed by atoms with Crippen LogP contribution in [0.25, 0.3) is 0 Å². The van der Waals surface area contributed by atoms with Crippen LogP contribution in [0.15, 0.2) is 65.7 Å². The number of ether oxygens (including phenoxy) is 1. The molecule has 29 heavy (non-hydrogen) atoms. The molecule has 0 aliphatic heterocycles. The van der Waals surface area contributed by atoms with E-state index in [1.165, 1.54) is 5.56 Å². The third kappa shape index (κ3) is 6.08. The number of benzene rings is 3. The number of carbonyl (C=O) groups is 1. The number of nitrogens with zero attached hydrogens (tertiary/aromatic N) is 1. The monoisotopic (exact) mass is 426 g/mol. The number of hydrogen-bond donors (Lipinski definition) is 1. The largest absolute Gasteiger partial charge is 0.484 e. The predicted octanol–water partition coefficient (Wildman–Crippen LogP) is 6.38. The summed E-state index contributed by atoms with van der Waals surface area (Å²) < 4.78 is 5.61. The van der Waals surface area contributed by atoms with Crippen molar-refractivity contribution in [1.82, 2.24) is 0 Å². The smallest absolute Gasteiger partial charge is 0.262 e. The number of anilines is 1. The second-order valence-electron chi connectivity index (χ2n) is 6.56. The average Bonchev–Trinajstić information content (AvgIpc) is 2.70. The summed E-state index contributed by atoms with van der Waals surface area (Å²) in [5.74, 6) is 0.362. The van der Waals surface area contributed by atoms with Crippen molar-refractivity contribution >= 4 is 46.7 Å². The highest BCUT2D eigenvalue weighted by Gasteiger charge is 2.05. The molecule has 3 aromatic carbocycles. The molecule has 0 saturated heterocycles. The van der Waals surface area contributed by atoms with Gasteiger partial charge in [0.15, 0.2) is 6.61 Å². The normalized spacial score (nSPS) is 10.9. The van der Waals surface area contributed by atoms with E-state index >= 15 is 0 Å². The second kappa shape index (κ2) is 9.59. The summed E-state index contributed by atoms with van der Waals surface area (Å²) in [6.07, 6.45) is 1.70. The third-order valence-corrected chi connectivity index (χ3v) is 5.02. The maximum absolute atomic E-state index is 12.2. The maximum Gasteiger partial charge on any atom is 0.262 e. The molecule has 0 heterocycles. The van der Waals surface area contributed by atoms with Gasteiger partial charge in [0.2, 0.25) is 0 Å². The Morgan fingerprint density at radius 2 is 1.83 bits per heavy atom. The van der Waals surface area contributed by atoms with E-state index in [1.54, 1.807) is 30.5 Å². The lowest BCUT2D eigenvalue weighted by molar-refractivity contribution is -0.118. The SMILES string of the molecule is Cc1ccc(NC(=O)COc2cccc(C=Nc3ccc(Cl)c(Cl)c3)c2)cc1C. The molecule has 6 heteroatoms. The van der Waals surface area contributed by atoms with Crippen LogP contribution in [-0.2, 0) is 4.79 Å². The molecule has 0 aliphatic carbocycles. The minimum Gasteiger partial charge on any atom is -0.484 e. The standard InChI is InChI=1S/C23H20Cl2N2O2/c1-15-6-7-19(10-16(15)2)27-23(28)14-29-20-5-3-4-17(11-20)13-26-18-8-9-21(24)22(25)12-18/h3-13H,14H2,1-2H3,(H,27,28). The van der Waals surface area contributed by atoms with Crippen molar-refractivity contribution < 1.29 is 9.53 Å². The fourth-order valence-electron chi connectivity index (χ4n) is 2.56. The van der Waals surface area contributed by atoms with Gasteiger partial charge in [-0.2, -0.15) is 0 Å². The molecule has 1 amide bonds. The summed E-state index contributed by atoms with van der Waals surface area (Å²) in [6.45, 7) is 3.95. The molecule has 4 nitrogen and oxygen atoms in total. The molecule has 0 aliphatic rings. The molecule has 0 bridgehead atoms. The van der Waals surface area contributed by atoms with Gasteiger partial charge in [-0.25, -0.2) is 0 Å². The predicted molar refractivity (Wildman–Crippen MR) is 120 cm³/mol. The van der Waals surface area contributed by atoms with Gasteiger partial charge in [-0.05, 0) is 73.0 Å². The van der Waals surface area contributed by atoms with Crippen molar-refractivity contribution in [1.29, 1.82) is 0 Å². The van der Waals surface area contributed by atoms with Crippen LogP contribution < -0.4 is 10.1 Å². The van der Waals surface area contributed by atoms with E-state index in [0.29, 0.717) is 21.5 Å². The van der Waals surface area contributed by atoms with Gasteiger partial charge < -0.3 is 10.1 Å². The summed E-state index contributed by atoms with van der Waals surface area (Å²) in [5.41, 5.74) is 4.59. The number of aliphatic imine (C=N–C) groups is 1. The van der Waals surface area contributed by atoms with E-state index in [2.05, 4.69) is 10.3 Å². The lowest BCUT2D eigenvalue weighted by atomic mass is 10.1. The zero-order valence-electron chi connectivity index (χ0n) is 16.1. The van der Waals surface area contributed by atoms with Gasteiger partial charge in [0, 0.05) is 11.9 Å². The van der Waals surface area contributed by atoms with Gasteiger partial charge in [-0.3, -0.25) is 9.79 Å². The molecule has 148 valence electrons. The Balaban J connectivity index is 1.59. The average molecular weight is 427 g/mol. The summed E-state index contributed by atoms with van der Waals surface area (Å²) >= 11 is 11.9. The Morgan fingerprint density at radius 1 is 1.00 bits per heavy atom. The molecule has 0 fully saturated rings. The Labute approximate surface area is 180 Å². The van der Waals surface area contributed by atoms with Crippen molar-refractivity contribution in [2.24, 2.45) is 4.99 Å². The number of hydrogen-bond acceptors (Lipinski definition) is 3. The van der Waals surface area contributed by atoms with E-state index < -0.39 is 0 Å². The highest BCUT2D eigenvalue weighted by atomic mass is 35.5. The third-order valence-electron chi connectivity index (χ3n) is 4.28. The number of rotatable bonds is 6. The van der Waals surface area contributed by atoms with Crippen LogP contribution in [0.1, 0.15) is 16.7 Å². The lowest BCUT2D eigenvalue weighted by Gasteiger charge is -2.09. The Bertz CT molecular complexity index is 1060. The zero-order chi connectivity index (χ0) is 20.8. The first-order chi connectivity index (χ1) is 13.9.